The van der Waals surface area contributed by atoms with Crippen molar-refractivity contribution in [2.45, 2.75) is 12.5 Å². The fraction of sp³-hybridized carbons (Fsp3) is 0.200. The minimum atomic E-state index is -0.302. The SMILES string of the molecule is COc1ccc(F)cc1C(Cc1ccccc1)NN. The van der Waals surface area contributed by atoms with Crippen LogP contribution in [0.25, 0.3) is 0 Å². The summed E-state index contributed by atoms with van der Waals surface area (Å²) in [6, 6.07) is 14.1. The third-order valence-corrected chi connectivity index (χ3v) is 3.05. The maximum atomic E-state index is 13.4. The summed E-state index contributed by atoms with van der Waals surface area (Å²) in [7, 11) is 1.56. The Bertz CT molecular complexity index is 531. The lowest BCUT2D eigenvalue weighted by molar-refractivity contribution is 0.397. The fourth-order valence-corrected chi connectivity index (χ4v) is 2.09. The summed E-state index contributed by atoms with van der Waals surface area (Å²) in [5.74, 6) is 5.92. The van der Waals surface area contributed by atoms with Crippen molar-refractivity contribution in [2.24, 2.45) is 5.84 Å². The van der Waals surface area contributed by atoms with E-state index in [4.69, 9.17) is 10.6 Å². The van der Waals surface area contributed by atoms with Gasteiger partial charge in [-0.05, 0) is 30.2 Å². The zero-order valence-electron chi connectivity index (χ0n) is 10.8. The van der Waals surface area contributed by atoms with Crippen molar-refractivity contribution in [3.63, 3.8) is 0 Å². The summed E-state index contributed by atoms with van der Waals surface area (Å²) >= 11 is 0. The molecular weight excluding hydrogens is 243 g/mol. The van der Waals surface area contributed by atoms with E-state index >= 15 is 0 Å². The monoisotopic (exact) mass is 260 g/mol. The van der Waals surface area contributed by atoms with Crippen LogP contribution in [0, 0.1) is 5.82 Å². The first kappa shape index (κ1) is 13.5. The molecule has 0 aliphatic heterocycles. The molecule has 1 atom stereocenters. The van der Waals surface area contributed by atoms with Crippen LogP contribution in [0.5, 0.6) is 5.75 Å². The predicted molar refractivity (Wildman–Crippen MR) is 73.2 cm³/mol. The smallest absolute Gasteiger partial charge is 0.123 e. The Morgan fingerprint density at radius 3 is 2.58 bits per heavy atom. The van der Waals surface area contributed by atoms with Crippen LogP contribution in [-0.4, -0.2) is 7.11 Å². The second kappa shape index (κ2) is 6.31. The number of hydrazine groups is 1. The molecule has 19 heavy (non-hydrogen) atoms. The molecular formula is C15H17FN2O. The first-order valence-corrected chi connectivity index (χ1v) is 6.08. The Balaban J connectivity index is 2.29. The fourth-order valence-electron chi connectivity index (χ4n) is 2.09. The van der Waals surface area contributed by atoms with Crippen molar-refractivity contribution in [2.75, 3.05) is 7.11 Å². The number of ether oxygens (including phenoxy) is 1. The van der Waals surface area contributed by atoms with Gasteiger partial charge in [-0.2, -0.15) is 0 Å². The lowest BCUT2D eigenvalue weighted by Crippen LogP contribution is -2.30. The van der Waals surface area contributed by atoms with Crippen molar-refractivity contribution in [3.05, 3.63) is 65.5 Å². The Labute approximate surface area is 112 Å². The number of methoxy groups -OCH3 is 1. The van der Waals surface area contributed by atoms with Gasteiger partial charge in [0.15, 0.2) is 0 Å². The van der Waals surface area contributed by atoms with Gasteiger partial charge in [0.2, 0.25) is 0 Å². The molecule has 1 unspecified atom stereocenters. The van der Waals surface area contributed by atoms with Gasteiger partial charge in [-0.15, -0.1) is 0 Å². The molecule has 0 aliphatic carbocycles. The molecule has 100 valence electrons. The zero-order chi connectivity index (χ0) is 13.7. The number of halogens is 1. The standard InChI is InChI=1S/C15H17FN2O/c1-19-15-8-7-12(16)10-13(15)14(18-17)9-11-5-3-2-4-6-11/h2-8,10,14,18H,9,17H2,1H3. The van der Waals surface area contributed by atoms with Crippen molar-refractivity contribution < 1.29 is 9.13 Å². The average Bonchev–Trinajstić information content (AvgIpc) is 2.46. The molecule has 4 heteroatoms. The zero-order valence-corrected chi connectivity index (χ0v) is 10.8. The van der Waals surface area contributed by atoms with Crippen LogP contribution < -0.4 is 16.0 Å². The molecule has 2 aromatic carbocycles. The molecule has 0 radical (unpaired) electrons. The van der Waals surface area contributed by atoms with Crippen LogP contribution in [0.3, 0.4) is 0 Å². The molecule has 0 saturated carbocycles. The van der Waals surface area contributed by atoms with Gasteiger partial charge in [0.1, 0.15) is 11.6 Å². The van der Waals surface area contributed by atoms with E-state index in [2.05, 4.69) is 5.43 Å². The Morgan fingerprint density at radius 1 is 1.21 bits per heavy atom. The highest BCUT2D eigenvalue weighted by molar-refractivity contribution is 5.37. The highest BCUT2D eigenvalue weighted by Crippen LogP contribution is 2.27. The first-order valence-electron chi connectivity index (χ1n) is 6.08. The number of nitrogens with one attached hydrogen (secondary N) is 1. The molecule has 2 aromatic rings. The van der Waals surface area contributed by atoms with Crippen molar-refractivity contribution in [1.82, 2.24) is 5.43 Å². The van der Waals surface area contributed by atoms with E-state index in [1.165, 1.54) is 12.1 Å². The molecule has 0 aromatic heterocycles. The normalized spacial score (nSPS) is 12.2. The van der Waals surface area contributed by atoms with Gasteiger partial charge in [-0.3, -0.25) is 11.3 Å². The van der Waals surface area contributed by atoms with E-state index in [0.29, 0.717) is 17.7 Å². The Hall–Kier alpha value is -1.91. The minimum Gasteiger partial charge on any atom is -0.496 e. The number of benzene rings is 2. The number of nitrogens with two attached hydrogens (primary N) is 1. The van der Waals surface area contributed by atoms with Gasteiger partial charge in [0, 0.05) is 5.56 Å². The molecule has 2 rings (SSSR count). The summed E-state index contributed by atoms with van der Waals surface area (Å²) in [6.45, 7) is 0. The predicted octanol–water partition coefficient (Wildman–Crippen LogP) is 2.58. The van der Waals surface area contributed by atoms with E-state index in [1.54, 1.807) is 13.2 Å². The summed E-state index contributed by atoms with van der Waals surface area (Å²) < 4.78 is 18.7. The van der Waals surface area contributed by atoms with E-state index in [1.807, 2.05) is 30.3 Å². The maximum absolute atomic E-state index is 13.4. The Morgan fingerprint density at radius 2 is 1.95 bits per heavy atom. The van der Waals surface area contributed by atoms with E-state index in [9.17, 15) is 4.39 Å². The second-order valence-corrected chi connectivity index (χ2v) is 4.30. The van der Waals surface area contributed by atoms with Crippen molar-refractivity contribution in [3.8, 4) is 5.75 Å². The maximum Gasteiger partial charge on any atom is 0.123 e. The van der Waals surface area contributed by atoms with Crippen LogP contribution in [0.1, 0.15) is 17.2 Å². The molecule has 3 N–H and O–H groups in total. The summed E-state index contributed by atoms with van der Waals surface area (Å²) in [5.41, 5.74) is 4.56. The second-order valence-electron chi connectivity index (χ2n) is 4.30. The van der Waals surface area contributed by atoms with E-state index in [-0.39, 0.29) is 11.9 Å². The van der Waals surface area contributed by atoms with Crippen molar-refractivity contribution >= 4 is 0 Å². The summed E-state index contributed by atoms with van der Waals surface area (Å²) in [5, 5.41) is 0. The van der Waals surface area contributed by atoms with Gasteiger partial charge < -0.3 is 4.74 Å². The van der Waals surface area contributed by atoms with E-state index < -0.39 is 0 Å². The molecule has 0 amide bonds. The average molecular weight is 260 g/mol. The van der Waals surface area contributed by atoms with Gasteiger partial charge in [-0.1, -0.05) is 30.3 Å². The van der Waals surface area contributed by atoms with Gasteiger partial charge in [0.25, 0.3) is 0 Å². The number of rotatable bonds is 5. The van der Waals surface area contributed by atoms with Crippen LogP contribution in [0.2, 0.25) is 0 Å². The number of hydrogen-bond acceptors (Lipinski definition) is 3. The molecule has 0 fully saturated rings. The molecule has 0 heterocycles. The third-order valence-electron chi connectivity index (χ3n) is 3.05. The molecule has 0 aliphatic rings. The minimum absolute atomic E-state index is 0.201. The lowest BCUT2D eigenvalue weighted by Gasteiger charge is -2.19. The Kier molecular flexibility index (Phi) is 4.49. The van der Waals surface area contributed by atoms with Crippen molar-refractivity contribution in [1.29, 1.82) is 0 Å². The molecule has 0 bridgehead atoms. The highest BCUT2D eigenvalue weighted by atomic mass is 19.1. The van der Waals surface area contributed by atoms with E-state index in [0.717, 1.165) is 5.56 Å². The topological polar surface area (TPSA) is 47.3 Å². The van der Waals surface area contributed by atoms with Crippen LogP contribution in [0.15, 0.2) is 48.5 Å². The first-order chi connectivity index (χ1) is 9.24. The van der Waals surface area contributed by atoms with Gasteiger partial charge in [-0.25, -0.2) is 4.39 Å². The van der Waals surface area contributed by atoms with Gasteiger partial charge >= 0.3 is 0 Å². The van der Waals surface area contributed by atoms with Gasteiger partial charge in [0.05, 0.1) is 13.2 Å². The molecule has 3 nitrogen and oxygen atoms in total. The number of hydrogen-bond donors (Lipinski definition) is 2. The third kappa shape index (κ3) is 3.30. The summed E-state index contributed by atoms with van der Waals surface area (Å²) in [4.78, 5) is 0. The largest absolute Gasteiger partial charge is 0.496 e. The van der Waals surface area contributed by atoms with Crippen LogP contribution in [0.4, 0.5) is 4.39 Å². The highest BCUT2D eigenvalue weighted by Gasteiger charge is 2.16. The summed E-state index contributed by atoms with van der Waals surface area (Å²) in [6.07, 6.45) is 0.664. The lowest BCUT2D eigenvalue weighted by atomic mass is 9.98. The quantitative estimate of drug-likeness (QED) is 0.641. The molecule has 0 saturated heterocycles. The molecule has 0 spiro atoms. The van der Waals surface area contributed by atoms with Crippen LogP contribution in [-0.2, 0) is 6.42 Å². The van der Waals surface area contributed by atoms with Crippen LogP contribution >= 0.6 is 0 Å².